The van der Waals surface area contributed by atoms with E-state index in [-0.39, 0.29) is 11.7 Å². The van der Waals surface area contributed by atoms with Gasteiger partial charge in [0.2, 0.25) is 0 Å². The molecule has 22 heavy (non-hydrogen) atoms. The van der Waals surface area contributed by atoms with Crippen molar-refractivity contribution >= 4 is 0 Å². The zero-order valence-corrected chi connectivity index (χ0v) is 14.0. The van der Waals surface area contributed by atoms with Crippen LogP contribution in [-0.2, 0) is 16.8 Å². The van der Waals surface area contributed by atoms with Crippen molar-refractivity contribution in [3.05, 3.63) is 65.7 Å². The van der Waals surface area contributed by atoms with E-state index in [0.717, 1.165) is 17.7 Å². The van der Waals surface area contributed by atoms with Gasteiger partial charge in [-0.25, -0.2) is 0 Å². The van der Waals surface area contributed by atoms with Crippen LogP contribution in [0.2, 0.25) is 0 Å². The summed E-state index contributed by atoms with van der Waals surface area (Å²) in [7, 11) is 0. The molecule has 0 fully saturated rings. The molecule has 1 atom stereocenters. The summed E-state index contributed by atoms with van der Waals surface area (Å²) in [6.45, 7) is 9.21. The Morgan fingerprint density at radius 3 is 2.18 bits per heavy atom. The van der Waals surface area contributed by atoms with Gasteiger partial charge in [0, 0.05) is 0 Å². The maximum atomic E-state index is 5.82. The highest BCUT2D eigenvalue weighted by Gasteiger charge is 2.17. The SMILES string of the molecule is CCC(C)(C)c1ccc(OC(C)OCc2ccccc2)cc1. The van der Waals surface area contributed by atoms with Gasteiger partial charge in [0.05, 0.1) is 6.61 Å². The first-order valence-corrected chi connectivity index (χ1v) is 7.94. The van der Waals surface area contributed by atoms with Crippen molar-refractivity contribution in [2.45, 2.75) is 52.4 Å². The average Bonchev–Trinajstić information content (AvgIpc) is 2.54. The Bertz CT molecular complexity index is 558. The molecule has 118 valence electrons. The van der Waals surface area contributed by atoms with Crippen LogP contribution < -0.4 is 4.74 Å². The third kappa shape index (κ3) is 4.60. The van der Waals surface area contributed by atoms with E-state index in [4.69, 9.17) is 9.47 Å². The molecule has 0 aliphatic rings. The van der Waals surface area contributed by atoms with Crippen LogP contribution in [0.5, 0.6) is 5.75 Å². The van der Waals surface area contributed by atoms with Crippen molar-refractivity contribution in [2.24, 2.45) is 0 Å². The number of hydrogen-bond donors (Lipinski definition) is 0. The predicted octanol–water partition coefficient (Wildman–Crippen LogP) is 5.32. The van der Waals surface area contributed by atoms with Gasteiger partial charge in [-0.2, -0.15) is 0 Å². The van der Waals surface area contributed by atoms with Gasteiger partial charge in [0.1, 0.15) is 5.75 Å². The Hall–Kier alpha value is -1.80. The molecule has 2 rings (SSSR count). The molecule has 0 aliphatic carbocycles. The van der Waals surface area contributed by atoms with Gasteiger partial charge in [-0.15, -0.1) is 0 Å². The van der Waals surface area contributed by atoms with Gasteiger partial charge in [-0.05, 0) is 42.0 Å². The van der Waals surface area contributed by atoms with Crippen LogP contribution in [-0.4, -0.2) is 6.29 Å². The van der Waals surface area contributed by atoms with Crippen LogP contribution in [0.1, 0.15) is 45.2 Å². The Morgan fingerprint density at radius 2 is 1.59 bits per heavy atom. The molecular weight excluding hydrogens is 272 g/mol. The zero-order valence-electron chi connectivity index (χ0n) is 14.0. The number of benzene rings is 2. The third-order valence-electron chi connectivity index (χ3n) is 4.15. The van der Waals surface area contributed by atoms with Gasteiger partial charge in [0.25, 0.3) is 0 Å². The monoisotopic (exact) mass is 298 g/mol. The van der Waals surface area contributed by atoms with E-state index < -0.39 is 0 Å². The second kappa shape index (κ2) is 7.46. The summed E-state index contributed by atoms with van der Waals surface area (Å²) < 4.78 is 11.5. The second-order valence-electron chi connectivity index (χ2n) is 6.24. The molecule has 2 nitrogen and oxygen atoms in total. The van der Waals surface area contributed by atoms with Gasteiger partial charge in [0.15, 0.2) is 6.29 Å². The first-order valence-electron chi connectivity index (χ1n) is 7.94. The van der Waals surface area contributed by atoms with Crippen molar-refractivity contribution < 1.29 is 9.47 Å². The lowest BCUT2D eigenvalue weighted by Crippen LogP contribution is -2.17. The highest BCUT2D eigenvalue weighted by molar-refractivity contribution is 5.31. The Morgan fingerprint density at radius 1 is 0.955 bits per heavy atom. The second-order valence-corrected chi connectivity index (χ2v) is 6.24. The van der Waals surface area contributed by atoms with Crippen LogP contribution in [0.15, 0.2) is 54.6 Å². The number of rotatable bonds is 7. The molecule has 0 N–H and O–H groups in total. The van der Waals surface area contributed by atoms with Crippen LogP contribution in [0.4, 0.5) is 0 Å². The number of hydrogen-bond acceptors (Lipinski definition) is 2. The largest absolute Gasteiger partial charge is 0.465 e. The molecule has 0 spiro atoms. The van der Waals surface area contributed by atoms with Crippen LogP contribution >= 0.6 is 0 Å². The standard InChI is InChI=1S/C20H26O2/c1-5-20(3,4)18-11-13-19(14-12-18)22-16(2)21-15-17-9-7-6-8-10-17/h6-14,16H,5,15H2,1-4H3. The predicted molar refractivity (Wildman–Crippen MR) is 91.1 cm³/mol. The topological polar surface area (TPSA) is 18.5 Å². The minimum atomic E-state index is -0.273. The van der Waals surface area contributed by atoms with E-state index in [1.54, 1.807) is 0 Å². The maximum absolute atomic E-state index is 5.82. The molecule has 0 aliphatic heterocycles. The summed E-state index contributed by atoms with van der Waals surface area (Å²) in [4.78, 5) is 0. The Balaban J connectivity index is 1.88. The highest BCUT2D eigenvalue weighted by atomic mass is 16.7. The van der Waals surface area contributed by atoms with Gasteiger partial charge >= 0.3 is 0 Å². The van der Waals surface area contributed by atoms with Crippen molar-refractivity contribution in [1.82, 2.24) is 0 Å². The molecule has 0 heterocycles. The van der Waals surface area contributed by atoms with Crippen molar-refractivity contribution in [3.8, 4) is 5.75 Å². The van der Waals surface area contributed by atoms with Crippen molar-refractivity contribution in [2.75, 3.05) is 0 Å². The third-order valence-corrected chi connectivity index (χ3v) is 4.15. The first-order chi connectivity index (χ1) is 10.5. The minimum Gasteiger partial charge on any atom is -0.465 e. The summed E-state index contributed by atoms with van der Waals surface area (Å²) in [5.41, 5.74) is 2.69. The lowest BCUT2D eigenvalue weighted by Gasteiger charge is -2.23. The molecular formula is C20H26O2. The summed E-state index contributed by atoms with van der Waals surface area (Å²) in [5, 5.41) is 0. The fraction of sp³-hybridized carbons (Fsp3) is 0.400. The molecule has 1 unspecified atom stereocenters. The molecule has 0 aromatic heterocycles. The molecule has 0 radical (unpaired) electrons. The lowest BCUT2D eigenvalue weighted by atomic mass is 9.82. The van der Waals surface area contributed by atoms with Gasteiger partial charge < -0.3 is 9.47 Å². The minimum absolute atomic E-state index is 0.202. The van der Waals surface area contributed by atoms with E-state index in [9.17, 15) is 0 Å². The van der Waals surface area contributed by atoms with E-state index >= 15 is 0 Å². The molecule has 0 saturated carbocycles. The van der Waals surface area contributed by atoms with Crippen LogP contribution in [0.3, 0.4) is 0 Å². The molecule has 0 saturated heterocycles. The van der Waals surface area contributed by atoms with Crippen molar-refractivity contribution in [3.63, 3.8) is 0 Å². The number of ether oxygens (including phenoxy) is 2. The maximum Gasteiger partial charge on any atom is 0.197 e. The quantitative estimate of drug-likeness (QED) is 0.644. The fourth-order valence-electron chi connectivity index (χ4n) is 2.20. The van der Waals surface area contributed by atoms with Gasteiger partial charge in [-0.3, -0.25) is 0 Å². The first kappa shape index (κ1) is 16.6. The lowest BCUT2D eigenvalue weighted by molar-refractivity contribution is -0.0759. The summed E-state index contributed by atoms with van der Waals surface area (Å²) >= 11 is 0. The Labute approximate surface area is 134 Å². The molecule has 0 amide bonds. The Kier molecular flexibility index (Phi) is 5.62. The average molecular weight is 298 g/mol. The smallest absolute Gasteiger partial charge is 0.197 e. The molecule has 2 heteroatoms. The van der Waals surface area contributed by atoms with E-state index in [0.29, 0.717) is 6.61 Å². The fourth-order valence-corrected chi connectivity index (χ4v) is 2.20. The van der Waals surface area contributed by atoms with E-state index in [1.807, 2.05) is 49.4 Å². The zero-order chi connectivity index (χ0) is 16.0. The van der Waals surface area contributed by atoms with E-state index in [2.05, 4.69) is 32.9 Å². The normalized spacial score (nSPS) is 12.9. The highest BCUT2D eigenvalue weighted by Crippen LogP contribution is 2.28. The molecule has 2 aromatic carbocycles. The molecule has 2 aromatic rings. The van der Waals surface area contributed by atoms with Crippen LogP contribution in [0.25, 0.3) is 0 Å². The van der Waals surface area contributed by atoms with Crippen molar-refractivity contribution in [1.29, 1.82) is 0 Å². The summed E-state index contributed by atoms with van der Waals surface area (Å²) in [6.07, 6.45) is 0.842. The summed E-state index contributed by atoms with van der Waals surface area (Å²) in [5.74, 6) is 0.844. The van der Waals surface area contributed by atoms with Gasteiger partial charge in [-0.1, -0.05) is 63.2 Å². The molecule has 0 bridgehead atoms. The summed E-state index contributed by atoms with van der Waals surface area (Å²) in [6, 6.07) is 18.5. The van der Waals surface area contributed by atoms with E-state index in [1.165, 1.54) is 5.56 Å². The van der Waals surface area contributed by atoms with Crippen LogP contribution in [0, 0.1) is 0 Å².